The number of hydrogen-bond acceptors (Lipinski definition) is 15. The monoisotopic (exact) mass is 1470 g/mol. The minimum atomic E-state index is -4.96. The molecule has 0 amide bonds. The number of hydrogen-bond donors (Lipinski definition) is 3. The van der Waals surface area contributed by atoms with E-state index in [0.29, 0.717) is 25.7 Å². The lowest BCUT2D eigenvalue weighted by molar-refractivity contribution is -0.161. The van der Waals surface area contributed by atoms with E-state index in [0.717, 1.165) is 108 Å². The molecule has 6 atom stereocenters. The maximum Gasteiger partial charge on any atom is 0.472 e. The zero-order chi connectivity index (χ0) is 73.5. The largest absolute Gasteiger partial charge is 0.472 e. The zero-order valence-corrected chi connectivity index (χ0v) is 67.3. The van der Waals surface area contributed by atoms with E-state index in [1.165, 1.54) is 238 Å². The van der Waals surface area contributed by atoms with Crippen molar-refractivity contribution in [3.63, 3.8) is 0 Å². The molecule has 0 spiro atoms. The van der Waals surface area contributed by atoms with Crippen LogP contribution in [0.4, 0.5) is 0 Å². The lowest BCUT2D eigenvalue weighted by atomic mass is 10.00. The third kappa shape index (κ3) is 73.0. The summed E-state index contributed by atoms with van der Waals surface area (Å²) in [5.74, 6) is -0.645. The van der Waals surface area contributed by atoms with Crippen molar-refractivity contribution in [1.29, 1.82) is 0 Å². The fourth-order valence-corrected chi connectivity index (χ4v) is 14.1. The Morgan fingerprint density at radius 3 is 0.760 bits per heavy atom. The Balaban J connectivity index is 5.20. The molecule has 0 saturated carbocycles. The second-order valence-electron chi connectivity index (χ2n) is 29.9. The molecule has 19 heteroatoms. The smallest absolute Gasteiger partial charge is 0.462 e. The maximum atomic E-state index is 13.1. The average Bonchev–Trinajstić information content (AvgIpc) is 0.923. The van der Waals surface area contributed by atoms with Crippen LogP contribution in [0.5, 0.6) is 0 Å². The van der Waals surface area contributed by atoms with E-state index in [-0.39, 0.29) is 25.7 Å². The van der Waals surface area contributed by atoms with Gasteiger partial charge in [-0.2, -0.15) is 0 Å². The molecule has 594 valence electrons. The van der Waals surface area contributed by atoms with Gasteiger partial charge in [0.1, 0.15) is 19.3 Å². The number of rotatable bonds is 80. The van der Waals surface area contributed by atoms with E-state index in [9.17, 15) is 43.2 Å². The van der Waals surface area contributed by atoms with E-state index >= 15 is 0 Å². The molecule has 0 rings (SSSR count). The van der Waals surface area contributed by atoms with Gasteiger partial charge in [0.2, 0.25) is 0 Å². The Morgan fingerprint density at radius 2 is 0.510 bits per heavy atom. The number of aliphatic hydroxyl groups is 1. The Bertz CT molecular complexity index is 1930. The lowest BCUT2D eigenvalue weighted by Gasteiger charge is -2.21. The molecular weight excluding hydrogens is 1310 g/mol. The molecule has 17 nitrogen and oxygen atoms in total. The summed E-state index contributed by atoms with van der Waals surface area (Å²) >= 11 is 0. The molecule has 0 fully saturated rings. The first-order chi connectivity index (χ1) is 48.4. The molecule has 0 aromatic rings. The first-order valence-electron chi connectivity index (χ1n) is 42.0. The number of carbonyl (C=O) groups excluding carboxylic acids is 4. The number of phosphoric acid groups is 2. The summed E-state index contributed by atoms with van der Waals surface area (Å²) in [7, 11) is -9.92. The predicted octanol–water partition coefficient (Wildman–Crippen LogP) is 24.3. The molecule has 3 N–H and O–H groups in total. The van der Waals surface area contributed by atoms with E-state index in [1.54, 1.807) is 0 Å². The highest BCUT2D eigenvalue weighted by Gasteiger charge is 2.30. The second-order valence-corrected chi connectivity index (χ2v) is 32.8. The lowest BCUT2D eigenvalue weighted by Crippen LogP contribution is -2.30. The molecule has 100 heavy (non-hydrogen) atoms. The molecule has 0 saturated heterocycles. The molecule has 3 unspecified atom stereocenters. The Kier molecular flexibility index (Phi) is 71.2. The molecular formula is C81H158O17P2. The van der Waals surface area contributed by atoms with Crippen molar-refractivity contribution in [2.45, 2.75) is 445 Å². The highest BCUT2D eigenvalue weighted by Crippen LogP contribution is 2.45. The number of carbonyl (C=O) groups is 4. The summed E-state index contributed by atoms with van der Waals surface area (Å²) in [6.07, 6.45) is 62.7. The van der Waals surface area contributed by atoms with Crippen molar-refractivity contribution in [2.24, 2.45) is 11.8 Å². The van der Waals surface area contributed by atoms with Gasteiger partial charge in [0, 0.05) is 25.7 Å². The van der Waals surface area contributed by atoms with Crippen molar-refractivity contribution >= 4 is 39.5 Å². The fraction of sp³-hybridized carbons (Fsp3) is 0.951. The summed E-state index contributed by atoms with van der Waals surface area (Å²) < 4.78 is 68.7. The van der Waals surface area contributed by atoms with Gasteiger partial charge in [-0.3, -0.25) is 37.3 Å². The van der Waals surface area contributed by atoms with Gasteiger partial charge in [-0.15, -0.1) is 0 Å². The van der Waals surface area contributed by atoms with Crippen molar-refractivity contribution < 1.29 is 80.2 Å². The number of aliphatic hydroxyl groups excluding tert-OH is 1. The van der Waals surface area contributed by atoms with Crippen molar-refractivity contribution in [1.82, 2.24) is 0 Å². The summed E-state index contributed by atoms with van der Waals surface area (Å²) in [6.45, 7) is 9.56. The van der Waals surface area contributed by atoms with Gasteiger partial charge in [-0.25, -0.2) is 9.13 Å². The molecule has 0 aromatic heterocycles. The van der Waals surface area contributed by atoms with E-state index < -0.39 is 97.5 Å². The summed E-state index contributed by atoms with van der Waals surface area (Å²) in [5.41, 5.74) is 0. The Labute approximate surface area is 613 Å². The van der Waals surface area contributed by atoms with Crippen LogP contribution in [0, 0.1) is 11.8 Å². The normalized spacial score (nSPS) is 14.2. The van der Waals surface area contributed by atoms with Crippen LogP contribution in [0.2, 0.25) is 0 Å². The van der Waals surface area contributed by atoms with Crippen molar-refractivity contribution in [2.75, 3.05) is 39.6 Å². The standard InChI is InChI=1S/C81H158O17P2/c1-7-10-12-14-16-18-20-22-24-26-27-28-29-30-31-33-35-37-41-45-53-59-65-80(85)97-76(69-91-78(83)63-57-51-44-40-36-34-32-25-23-21-19-17-15-13-11-8-2)71-95-99(87,88)93-67-75(82)68-94-100(89,90)96-72-77(70-92-79(84)64-58-52-48-47-50-56-62-74(6)9-3)98-81(86)66-60-54-46-42-38-39-43-49-55-61-73(4)5/h73-77,82H,7-72H2,1-6H3,(H,87,88)(H,89,90)/t74?,75-,76-,77-/m1/s1. The molecule has 0 aliphatic rings. The fourth-order valence-electron chi connectivity index (χ4n) is 12.5. The van der Waals surface area contributed by atoms with Gasteiger partial charge < -0.3 is 33.8 Å². The third-order valence-electron chi connectivity index (χ3n) is 19.3. The second kappa shape index (κ2) is 72.6. The summed E-state index contributed by atoms with van der Waals surface area (Å²) in [6, 6.07) is 0. The van der Waals surface area contributed by atoms with Crippen LogP contribution >= 0.6 is 15.6 Å². The van der Waals surface area contributed by atoms with Crippen molar-refractivity contribution in [3.8, 4) is 0 Å². The van der Waals surface area contributed by atoms with Gasteiger partial charge in [0.25, 0.3) is 0 Å². The van der Waals surface area contributed by atoms with Crippen LogP contribution < -0.4 is 0 Å². The molecule has 0 aromatic carbocycles. The third-order valence-corrected chi connectivity index (χ3v) is 21.2. The van der Waals surface area contributed by atoms with Gasteiger partial charge in [-0.1, -0.05) is 375 Å². The zero-order valence-electron chi connectivity index (χ0n) is 65.5. The SMILES string of the molecule is CCCCCCCCCCCCCCCCCCCCCCCCC(=O)O[C@H](COC(=O)CCCCCCCCCCCCCCCCCC)COP(=O)(O)OC[C@@H](O)COP(=O)(O)OC[C@@H](COC(=O)CCCCCCCCC(C)CC)OC(=O)CCCCCCCCCCCC(C)C. The molecule has 0 aliphatic carbocycles. The summed E-state index contributed by atoms with van der Waals surface area (Å²) in [5, 5.41) is 10.6. The summed E-state index contributed by atoms with van der Waals surface area (Å²) in [4.78, 5) is 73.0. The van der Waals surface area contributed by atoms with Crippen LogP contribution in [-0.4, -0.2) is 96.7 Å². The van der Waals surface area contributed by atoms with Crippen LogP contribution in [0.3, 0.4) is 0 Å². The quantitative estimate of drug-likeness (QED) is 0.0222. The number of ether oxygens (including phenoxy) is 4. The molecule has 0 bridgehead atoms. The van der Waals surface area contributed by atoms with Gasteiger partial charge >= 0.3 is 39.5 Å². The number of esters is 4. The first-order valence-corrected chi connectivity index (χ1v) is 45.0. The molecule has 0 heterocycles. The average molecular weight is 1470 g/mol. The van der Waals surface area contributed by atoms with E-state index in [2.05, 4.69) is 41.5 Å². The van der Waals surface area contributed by atoms with Gasteiger partial charge in [0.05, 0.1) is 26.4 Å². The predicted molar refractivity (Wildman–Crippen MR) is 409 cm³/mol. The highest BCUT2D eigenvalue weighted by atomic mass is 31.2. The number of phosphoric ester groups is 2. The molecule has 0 aliphatic heterocycles. The topological polar surface area (TPSA) is 237 Å². The number of unbranched alkanes of at least 4 members (excludes halogenated alkanes) is 49. The minimum absolute atomic E-state index is 0.105. The Hall–Kier alpha value is -1.94. The van der Waals surface area contributed by atoms with Gasteiger partial charge in [-0.05, 0) is 37.5 Å². The van der Waals surface area contributed by atoms with Crippen LogP contribution in [0.15, 0.2) is 0 Å². The van der Waals surface area contributed by atoms with Crippen molar-refractivity contribution in [3.05, 3.63) is 0 Å². The van der Waals surface area contributed by atoms with E-state index in [4.69, 9.17) is 37.0 Å². The van der Waals surface area contributed by atoms with E-state index in [1.807, 2.05) is 0 Å². The van der Waals surface area contributed by atoms with Crippen LogP contribution in [-0.2, 0) is 65.4 Å². The first kappa shape index (κ1) is 98.1. The van der Waals surface area contributed by atoms with Crippen LogP contribution in [0.1, 0.15) is 427 Å². The Morgan fingerprint density at radius 1 is 0.290 bits per heavy atom. The highest BCUT2D eigenvalue weighted by molar-refractivity contribution is 7.47. The maximum absolute atomic E-state index is 13.1. The molecule has 0 radical (unpaired) electrons. The van der Waals surface area contributed by atoms with Gasteiger partial charge in [0.15, 0.2) is 12.2 Å². The minimum Gasteiger partial charge on any atom is -0.462 e. The van der Waals surface area contributed by atoms with Crippen LogP contribution in [0.25, 0.3) is 0 Å².